The monoisotopic (exact) mass is 261 g/mol. The Hall–Kier alpha value is -2.17. The Morgan fingerprint density at radius 1 is 1.32 bits per heavy atom. The molecule has 19 heavy (non-hydrogen) atoms. The minimum absolute atomic E-state index is 0.0698. The van der Waals surface area contributed by atoms with E-state index in [9.17, 15) is 4.39 Å². The molecule has 0 aliphatic heterocycles. The molecule has 2 rings (SSSR count). The molecule has 2 aromatic rings. The van der Waals surface area contributed by atoms with Crippen molar-refractivity contribution in [3.63, 3.8) is 0 Å². The summed E-state index contributed by atoms with van der Waals surface area (Å²) in [7, 11) is 0. The molecule has 0 unspecified atom stereocenters. The average molecular weight is 261 g/mol. The van der Waals surface area contributed by atoms with Crippen LogP contribution in [0.5, 0.6) is 11.6 Å². The molecule has 0 aliphatic rings. The molecule has 0 radical (unpaired) electrons. The van der Waals surface area contributed by atoms with Crippen molar-refractivity contribution in [2.75, 3.05) is 11.9 Å². The number of benzene rings is 1. The first-order valence-corrected chi connectivity index (χ1v) is 6.12. The van der Waals surface area contributed by atoms with Gasteiger partial charge in [0, 0.05) is 6.54 Å². The van der Waals surface area contributed by atoms with Crippen molar-refractivity contribution in [3.05, 3.63) is 41.3 Å². The summed E-state index contributed by atoms with van der Waals surface area (Å²) in [5, 5.41) is 2.92. The number of ether oxygens (including phenoxy) is 1. The van der Waals surface area contributed by atoms with E-state index < -0.39 is 5.82 Å². The molecule has 0 fully saturated rings. The molecule has 1 N–H and O–H groups in total. The Labute approximate surface area is 111 Å². The Morgan fingerprint density at radius 3 is 2.84 bits per heavy atom. The summed E-state index contributed by atoms with van der Waals surface area (Å²) in [6, 6.07) is 5.63. The van der Waals surface area contributed by atoms with E-state index >= 15 is 0 Å². The van der Waals surface area contributed by atoms with Gasteiger partial charge in [0.1, 0.15) is 5.75 Å². The number of anilines is 1. The lowest BCUT2D eigenvalue weighted by molar-refractivity contribution is 0.418. The SMILES string of the molecule is CCNc1ncc(F)c(Oc2cccc(C)c2C)n1. The van der Waals surface area contributed by atoms with Crippen molar-refractivity contribution in [2.24, 2.45) is 0 Å². The third kappa shape index (κ3) is 2.99. The summed E-state index contributed by atoms with van der Waals surface area (Å²) in [5.41, 5.74) is 2.05. The lowest BCUT2D eigenvalue weighted by Gasteiger charge is -2.11. The smallest absolute Gasteiger partial charge is 0.260 e. The maximum Gasteiger partial charge on any atom is 0.260 e. The Kier molecular flexibility index (Phi) is 3.94. The van der Waals surface area contributed by atoms with Gasteiger partial charge in [0.2, 0.25) is 11.8 Å². The molecule has 0 bridgehead atoms. The van der Waals surface area contributed by atoms with Crippen molar-refractivity contribution in [2.45, 2.75) is 20.8 Å². The van der Waals surface area contributed by atoms with Gasteiger partial charge in [-0.15, -0.1) is 0 Å². The summed E-state index contributed by atoms with van der Waals surface area (Å²) < 4.78 is 19.2. The molecule has 1 heterocycles. The van der Waals surface area contributed by atoms with Crippen LogP contribution in [0.1, 0.15) is 18.1 Å². The van der Waals surface area contributed by atoms with Crippen molar-refractivity contribution in [1.29, 1.82) is 0 Å². The number of halogens is 1. The number of hydrogen-bond donors (Lipinski definition) is 1. The van der Waals surface area contributed by atoms with Crippen molar-refractivity contribution < 1.29 is 9.13 Å². The second-order valence-electron chi connectivity index (χ2n) is 4.18. The first kappa shape index (κ1) is 13.3. The molecule has 0 aliphatic carbocycles. The van der Waals surface area contributed by atoms with E-state index in [-0.39, 0.29) is 5.88 Å². The maximum atomic E-state index is 13.7. The number of aromatic nitrogens is 2. The Morgan fingerprint density at radius 2 is 2.11 bits per heavy atom. The highest BCUT2D eigenvalue weighted by atomic mass is 19.1. The molecule has 100 valence electrons. The fraction of sp³-hybridized carbons (Fsp3) is 0.286. The van der Waals surface area contributed by atoms with Gasteiger partial charge in [0.15, 0.2) is 0 Å². The highest BCUT2D eigenvalue weighted by molar-refractivity contribution is 5.41. The number of hydrogen-bond acceptors (Lipinski definition) is 4. The quantitative estimate of drug-likeness (QED) is 0.915. The second kappa shape index (κ2) is 5.65. The van der Waals surface area contributed by atoms with Gasteiger partial charge in [-0.1, -0.05) is 12.1 Å². The van der Waals surface area contributed by atoms with Crippen molar-refractivity contribution >= 4 is 5.95 Å². The largest absolute Gasteiger partial charge is 0.436 e. The molecular formula is C14H16FN3O. The van der Waals surface area contributed by atoms with E-state index in [1.54, 1.807) is 6.07 Å². The lowest BCUT2D eigenvalue weighted by Crippen LogP contribution is -2.04. The first-order valence-electron chi connectivity index (χ1n) is 6.12. The van der Waals surface area contributed by atoms with Crippen LogP contribution in [-0.2, 0) is 0 Å². The van der Waals surface area contributed by atoms with E-state index in [2.05, 4.69) is 15.3 Å². The summed E-state index contributed by atoms with van der Waals surface area (Å²) >= 11 is 0. The van der Waals surface area contributed by atoms with Crippen LogP contribution in [0, 0.1) is 19.7 Å². The number of nitrogens with zero attached hydrogens (tertiary/aromatic N) is 2. The van der Waals surface area contributed by atoms with Gasteiger partial charge in [0.25, 0.3) is 5.88 Å². The van der Waals surface area contributed by atoms with Crippen molar-refractivity contribution in [3.8, 4) is 11.6 Å². The molecule has 0 atom stereocenters. The minimum atomic E-state index is -0.581. The minimum Gasteiger partial charge on any atom is -0.436 e. The van der Waals surface area contributed by atoms with Crippen LogP contribution in [0.15, 0.2) is 24.4 Å². The zero-order chi connectivity index (χ0) is 13.8. The summed E-state index contributed by atoms with van der Waals surface area (Å²) in [4.78, 5) is 7.84. The molecule has 0 saturated carbocycles. The highest BCUT2D eigenvalue weighted by Crippen LogP contribution is 2.27. The van der Waals surface area contributed by atoms with Crippen LogP contribution in [0.3, 0.4) is 0 Å². The third-order valence-electron chi connectivity index (χ3n) is 2.81. The van der Waals surface area contributed by atoms with Gasteiger partial charge < -0.3 is 10.1 Å². The summed E-state index contributed by atoms with van der Waals surface area (Å²) in [6.07, 6.45) is 1.10. The fourth-order valence-electron chi connectivity index (χ4n) is 1.61. The van der Waals surface area contributed by atoms with Crippen LogP contribution in [0.25, 0.3) is 0 Å². The Bertz CT molecular complexity index is 587. The predicted molar refractivity (Wildman–Crippen MR) is 72.1 cm³/mol. The first-order chi connectivity index (χ1) is 9.11. The van der Waals surface area contributed by atoms with Gasteiger partial charge in [-0.2, -0.15) is 9.37 Å². The van der Waals surface area contributed by atoms with E-state index in [0.29, 0.717) is 18.2 Å². The van der Waals surface area contributed by atoms with E-state index in [0.717, 1.165) is 17.3 Å². The third-order valence-corrected chi connectivity index (χ3v) is 2.81. The second-order valence-corrected chi connectivity index (χ2v) is 4.18. The zero-order valence-corrected chi connectivity index (χ0v) is 11.2. The van der Waals surface area contributed by atoms with Crippen LogP contribution in [0.4, 0.5) is 10.3 Å². The van der Waals surface area contributed by atoms with Crippen LogP contribution >= 0.6 is 0 Å². The fourth-order valence-corrected chi connectivity index (χ4v) is 1.61. The van der Waals surface area contributed by atoms with E-state index in [1.165, 1.54) is 0 Å². The zero-order valence-electron chi connectivity index (χ0n) is 11.2. The normalized spacial score (nSPS) is 10.3. The summed E-state index contributed by atoms with van der Waals surface area (Å²) in [6.45, 7) is 6.48. The van der Waals surface area contributed by atoms with Crippen LogP contribution < -0.4 is 10.1 Å². The maximum absolute atomic E-state index is 13.7. The molecule has 0 saturated heterocycles. The van der Waals surface area contributed by atoms with Crippen LogP contribution in [0.2, 0.25) is 0 Å². The molecule has 1 aromatic carbocycles. The molecule has 1 aromatic heterocycles. The summed E-state index contributed by atoms with van der Waals surface area (Å²) in [5.74, 6) is 0.298. The van der Waals surface area contributed by atoms with Crippen molar-refractivity contribution in [1.82, 2.24) is 9.97 Å². The lowest BCUT2D eigenvalue weighted by atomic mass is 10.1. The molecule has 4 nitrogen and oxygen atoms in total. The van der Waals surface area contributed by atoms with E-state index in [1.807, 2.05) is 32.9 Å². The van der Waals surface area contributed by atoms with Crippen LogP contribution in [-0.4, -0.2) is 16.5 Å². The average Bonchev–Trinajstić information content (AvgIpc) is 2.39. The van der Waals surface area contributed by atoms with Gasteiger partial charge in [-0.05, 0) is 38.0 Å². The molecule has 0 spiro atoms. The molecule has 5 heteroatoms. The molecule has 0 amide bonds. The predicted octanol–water partition coefficient (Wildman–Crippen LogP) is 3.46. The topological polar surface area (TPSA) is 47.0 Å². The van der Waals surface area contributed by atoms with Gasteiger partial charge in [-0.25, -0.2) is 4.98 Å². The number of rotatable bonds is 4. The number of nitrogens with one attached hydrogen (secondary N) is 1. The highest BCUT2D eigenvalue weighted by Gasteiger charge is 2.11. The van der Waals surface area contributed by atoms with Gasteiger partial charge in [0.05, 0.1) is 6.20 Å². The van der Waals surface area contributed by atoms with Gasteiger partial charge >= 0.3 is 0 Å². The van der Waals surface area contributed by atoms with Gasteiger partial charge in [-0.3, -0.25) is 0 Å². The number of aryl methyl sites for hydroxylation is 1. The standard InChI is InChI=1S/C14H16FN3O/c1-4-16-14-17-8-11(15)13(18-14)19-12-7-5-6-9(2)10(12)3/h5-8H,4H2,1-3H3,(H,16,17,18). The Balaban J connectivity index is 2.32. The van der Waals surface area contributed by atoms with E-state index in [4.69, 9.17) is 4.74 Å². The molecular weight excluding hydrogens is 245 g/mol.